The minimum atomic E-state index is 0.00919. The summed E-state index contributed by atoms with van der Waals surface area (Å²) in [6, 6.07) is 8.20. The van der Waals surface area contributed by atoms with E-state index in [4.69, 9.17) is 5.11 Å². The van der Waals surface area contributed by atoms with E-state index in [1.165, 1.54) is 0 Å². The summed E-state index contributed by atoms with van der Waals surface area (Å²) >= 11 is 0. The van der Waals surface area contributed by atoms with E-state index in [0.29, 0.717) is 6.04 Å². The predicted molar refractivity (Wildman–Crippen MR) is 83.6 cm³/mol. The normalized spacial score (nSPS) is 17.6. The summed E-state index contributed by atoms with van der Waals surface area (Å²) in [6.07, 6.45) is 3.96. The zero-order valence-electron chi connectivity index (χ0n) is 12.3. The summed E-state index contributed by atoms with van der Waals surface area (Å²) in [5, 5.41) is 8.83. The summed E-state index contributed by atoms with van der Waals surface area (Å²) in [7, 11) is 0. The van der Waals surface area contributed by atoms with Crippen molar-refractivity contribution in [2.75, 3.05) is 26.2 Å². The maximum atomic E-state index is 12.2. The maximum absolute atomic E-state index is 12.2. The summed E-state index contributed by atoms with van der Waals surface area (Å²) in [6.45, 7) is 3.39. The molecule has 1 aliphatic heterocycles. The zero-order chi connectivity index (χ0) is 14.7. The van der Waals surface area contributed by atoms with Gasteiger partial charge in [-0.2, -0.15) is 0 Å². The van der Waals surface area contributed by atoms with Gasteiger partial charge in [0.15, 0.2) is 0 Å². The van der Waals surface area contributed by atoms with Crippen molar-refractivity contribution in [2.45, 2.75) is 31.7 Å². The molecule has 0 spiro atoms. The predicted octanol–water partition coefficient (Wildman–Crippen LogP) is 1.74. The van der Waals surface area contributed by atoms with Crippen molar-refractivity contribution in [1.82, 2.24) is 14.5 Å². The standard InChI is InChI=1S/C16H23N3O2/c20-12-4-3-9-18-10-7-13(8-11-18)19-15-6-2-1-5-14(15)17-16(19)21/h1-2,5-6,13,20H,3-4,7-12H2,(H,17,21). The summed E-state index contributed by atoms with van der Waals surface area (Å²) in [5.74, 6) is 0. The van der Waals surface area contributed by atoms with E-state index in [-0.39, 0.29) is 12.3 Å². The van der Waals surface area contributed by atoms with Gasteiger partial charge in [-0.25, -0.2) is 4.79 Å². The van der Waals surface area contributed by atoms with Crippen LogP contribution in [0.1, 0.15) is 31.7 Å². The molecule has 114 valence electrons. The number of nitrogens with zero attached hydrogens (tertiary/aromatic N) is 2. The van der Waals surface area contributed by atoms with Gasteiger partial charge in [0.05, 0.1) is 11.0 Å². The van der Waals surface area contributed by atoms with Crippen LogP contribution in [0.4, 0.5) is 0 Å². The molecule has 21 heavy (non-hydrogen) atoms. The quantitative estimate of drug-likeness (QED) is 0.824. The van der Waals surface area contributed by atoms with Crippen LogP contribution in [0.2, 0.25) is 0 Å². The number of para-hydroxylation sites is 2. The molecule has 0 radical (unpaired) electrons. The van der Waals surface area contributed by atoms with E-state index in [1.54, 1.807) is 0 Å². The van der Waals surface area contributed by atoms with Crippen LogP contribution in [0.25, 0.3) is 11.0 Å². The third-order valence-electron chi connectivity index (χ3n) is 4.43. The van der Waals surface area contributed by atoms with E-state index >= 15 is 0 Å². The lowest BCUT2D eigenvalue weighted by molar-refractivity contribution is 0.178. The first kappa shape index (κ1) is 14.4. The number of aliphatic hydroxyl groups excluding tert-OH is 1. The van der Waals surface area contributed by atoms with E-state index in [9.17, 15) is 4.79 Å². The number of rotatable bonds is 5. The number of hydrogen-bond donors (Lipinski definition) is 2. The molecular formula is C16H23N3O2. The Morgan fingerprint density at radius 1 is 1.19 bits per heavy atom. The number of aromatic nitrogens is 2. The van der Waals surface area contributed by atoms with Gasteiger partial charge in [-0.15, -0.1) is 0 Å². The number of hydrogen-bond acceptors (Lipinski definition) is 3. The highest BCUT2D eigenvalue weighted by molar-refractivity contribution is 5.75. The fourth-order valence-corrected chi connectivity index (χ4v) is 3.29. The average Bonchev–Trinajstić information content (AvgIpc) is 2.84. The second kappa shape index (κ2) is 6.45. The van der Waals surface area contributed by atoms with Crippen molar-refractivity contribution in [1.29, 1.82) is 0 Å². The Hall–Kier alpha value is -1.59. The second-order valence-corrected chi connectivity index (χ2v) is 5.82. The van der Waals surface area contributed by atoms with Crippen molar-refractivity contribution in [3.05, 3.63) is 34.7 Å². The van der Waals surface area contributed by atoms with Crippen LogP contribution in [0.15, 0.2) is 29.1 Å². The van der Waals surface area contributed by atoms with Gasteiger partial charge in [0.1, 0.15) is 0 Å². The fraction of sp³-hybridized carbons (Fsp3) is 0.562. The molecular weight excluding hydrogens is 266 g/mol. The van der Waals surface area contributed by atoms with Gasteiger partial charge in [0.25, 0.3) is 0 Å². The van der Waals surface area contributed by atoms with Gasteiger partial charge in [0.2, 0.25) is 0 Å². The number of unbranched alkanes of at least 4 members (excludes halogenated alkanes) is 1. The minimum Gasteiger partial charge on any atom is -0.396 e. The van der Waals surface area contributed by atoms with Gasteiger partial charge in [-0.1, -0.05) is 12.1 Å². The lowest BCUT2D eigenvalue weighted by Crippen LogP contribution is -2.37. The zero-order valence-corrected chi connectivity index (χ0v) is 12.3. The molecule has 3 rings (SSSR count). The van der Waals surface area contributed by atoms with Crippen LogP contribution in [0.5, 0.6) is 0 Å². The highest BCUT2D eigenvalue weighted by atomic mass is 16.2. The SMILES string of the molecule is O=c1[nH]c2ccccc2n1C1CCN(CCCCO)CC1. The van der Waals surface area contributed by atoms with E-state index in [0.717, 1.165) is 56.4 Å². The highest BCUT2D eigenvalue weighted by Crippen LogP contribution is 2.24. The maximum Gasteiger partial charge on any atom is 0.326 e. The van der Waals surface area contributed by atoms with Crippen LogP contribution < -0.4 is 5.69 Å². The Morgan fingerprint density at radius 2 is 1.95 bits per heavy atom. The number of nitrogens with one attached hydrogen (secondary N) is 1. The van der Waals surface area contributed by atoms with Gasteiger partial charge >= 0.3 is 5.69 Å². The van der Waals surface area contributed by atoms with Crippen molar-refractivity contribution in [3.63, 3.8) is 0 Å². The number of likely N-dealkylation sites (tertiary alicyclic amines) is 1. The van der Waals surface area contributed by atoms with Gasteiger partial charge in [0, 0.05) is 25.7 Å². The number of fused-ring (bicyclic) bond motifs is 1. The Labute approximate surface area is 124 Å². The number of aliphatic hydroxyl groups is 1. The van der Waals surface area contributed by atoms with Crippen molar-refractivity contribution in [3.8, 4) is 0 Å². The molecule has 0 bridgehead atoms. The lowest BCUT2D eigenvalue weighted by Gasteiger charge is -2.32. The molecule has 0 saturated carbocycles. The average molecular weight is 289 g/mol. The van der Waals surface area contributed by atoms with E-state index in [1.807, 2.05) is 28.8 Å². The molecule has 1 fully saturated rings. The second-order valence-electron chi connectivity index (χ2n) is 5.82. The Morgan fingerprint density at radius 3 is 2.71 bits per heavy atom. The van der Waals surface area contributed by atoms with Crippen LogP contribution in [0.3, 0.4) is 0 Å². The van der Waals surface area contributed by atoms with Crippen molar-refractivity contribution < 1.29 is 5.11 Å². The van der Waals surface area contributed by atoms with Gasteiger partial charge in [-0.3, -0.25) is 4.57 Å². The third kappa shape index (κ3) is 3.04. The number of H-pyrrole nitrogens is 1. The molecule has 0 aliphatic carbocycles. The first-order valence-corrected chi connectivity index (χ1v) is 7.82. The molecule has 0 unspecified atom stereocenters. The molecule has 2 N–H and O–H groups in total. The van der Waals surface area contributed by atoms with E-state index in [2.05, 4.69) is 9.88 Å². The first-order valence-electron chi connectivity index (χ1n) is 7.82. The summed E-state index contributed by atoms with van der Waals surface area (Å²) < 4.78 is 1.93. The smallest absolute Gasteiger partial charge is 0.326 e. The van der Waals surface area contributed by atoms with Crippen LogP contribution in [0, 0.1) is 0 Å². The molecule has 0 amide bonds. The summed E-state index contributed by atoms with van der Waals surface area (Å²) in [4.78, 5) is 17.6. The molecule has 0 atom stereocenters. The lowest BCUT2D eigenvalue weighted by atomic mass is 10.0. The van der Waals surface area contributed by atoms with Gasteiger partial charge in [-0.05, 0) is 44.4 Å². The molecule has 1 aliphatic rings. The van der Waals surface area contributed by atoms with Gasteiger partial charge < -0.3 is 15.0 Å². The number of benzene rings is 1. The molecule has 1 aromatic carbocycles. The molecule has 5 heteroatoms. The fourth-order valence-electron chi connectivity index (χ4n) is 3.29. The molecule has 1 saturated heterocycles. The van der Waals surface area contributed by atoms with Crippen molar-refractivity contribution >= 4 is 11.0 Å². The Kier molecular flexibility index (Phi) is 4.41. The number of imidazole rings is 1. The molecule has 1 aromatic heterocycles. The Balaban J connectivity index is 1.68. The summed E-state index contributed by atoms with van der Waals surface area (Å²) in [5.41, 5.74) is 1.95. The monoisotopic (exact) mass is 289 g/mol. The highest BCUT2D eigenvalue weighted by Gasteiger charge is 2.23. The minimum absolute atomic E-state index is 0.00919. The largest absolute Gasteiger partial charge is 0.396 e. The molecule has 5 nitrogen and oxygen atoms in total. The van der Waals surface area contributed by atoms with Crippen LogP contribution in [-0.4, -0.2) is 45.8 Å². The first-order chi connectivity index (χ1) is 10.3. The molecule has 2 heterocycles. The Bertz CT molecular complexity index is 638. The number of aromatic amines is 1. The number of piperidine rings is 1. The third-order valence-corrected chi connectivity index (χ3v) is 4.43. The van der Waals surface area contributed by atoms with E-state index < -0.39 is 0 Å². The van der Waals surface area contributed by atoms with Crippen LogP contribution >= 0.6 is 0 Å². The van der Waals surface area contributed by atoms with Crippen LogP contribution in [-0.2, 0) is 0 Å². The van der Waals surface area contributed by atoms with Crippen molar-refractivity contribution in [2.24, 2.45) is 0 Å². The molecule has 2 aromatic rings. The topological polar surface area (TPSA) is 61.3 Å².